The van der Waals surface area contributed by atoms with Crippen molar-refractivity contribution in [2.75, 3.05) is 0 Å². The maximum absolute atomic E-state index is 8.58. The molecule has 0 aromatic carbocycles. The van der Waals surface area contributed by atoms with Crippen LogP contribution in [0, 0.1) is 0 Å². The summed E-state index contributed by atoms with van der Waals surface area (Å²) in [6, 6.07) is 0. The fourth-order valence-electron chi connectivity index (χ4n) is 0. The Kier molecular flexibility index (Phi) is 60.8. The second kappa shape index (κ2) is 22.9. The van der Waals surface area contributed by atoms with Gasteiger partial charge in [0.15, 0.2) is 0 Å². The first-order valence-electron chi connectivity index (χ1n) is 1.22. The number of rotatable bonds is 0. The van der Waals surface area contributed by atoms with Gasteiger partial charge in [-0.1, -0.05) is 0 Å². The Labute approximate surface area is 112 Å². The van der Waals surface area contributed by atoms with Gasteiger partial charge in [0.2, 0.25) is 0 Å². The van der Waals surface area contributed by atoms with Crippen LogP contribution in [0.4, 0.5) is 0 Å². The van der Waals surface area contributed by atoms with Crippen molar-refractivity contribution in [3.8, 4) is 0 Å². The Balaban J connectivity index is -0.0000000171. The van der Waals surface area contributed by atoms with E-state index in [1.165, 1.54) is 0 Å². The summed E-state index contributed by atoms with van der Waals surface area (Å²) in [6.07, 6.45) is 0. The Bertz CT molecular complexity index is 76.6. The molecular formula is CoLi2O6Ti2. The molecule has 1 radical (unpaired) electrons. The van der Waals surface area contributed by atoms with E-state index in [2.05, 4.69) is 0 Å². The zero-order valence-electron chi connectivity index (χ0n) is 5.78. The average Bonchev–Trinajstić information content (AvgIpc) is 1.25. The van der Waals surface area contributed by atoms with E-state index in [1.54, 1.807) is 0 Å². The van der Waals surface area contributed by atoms with Crippen molar-refractivity contribution >= 4 is 0 Å². The molecule has 0 aromatic rings. The quantitative estimate of drug-likeness (QED) is 0.400. The molecule has 0 saturated carbocycles. The van der Waals surface area contributed by atoms with Crippen molar-refractivity contribution in [2.45, 2.75) is 0 Å². The molecule has 0 saturated heterocycles. The molecule has 0 N–H and O–H groups in total. The third-order valence-corrected chi connectivity index (χ3v) is 0. The molecule has 0 aliphatic heterocycles. The van der Waals surface area contributed by atoms with Gasteiger partial charge in [-0.25, -0.2) is 0 Å². The molecule has 0 rings (SSSR count). The van der Waals surface area contributed by atoms with Gasteiger partial charge in [-0.15, -0.1) is 0 Å². The fourth-order valence-corrected chi connectivity index (χ4v) is 0. The Morgan fingerprint density at radius 1 is 0.727 bits per heavy atom. The molecule has 0 unspecified atom stereocenters. The van der Waals surface area contributed by atoms with Gasteiger partial charge in [0.1, 0.15) is 0 Å². The average molecular weight is 265 g/mol. The summed E-state index contributed by atoms with van der Waals surface area (Å²) in [7, 11) is 0. The molecule has 0 aliphatic carbocycles. The van der Waals surface area contributed by atoms with Crippen LogP contribution in [-0.2, 0) is 60.7 Å². The minimum absolute atomic E-state index is 0. The third-order valence-electron chi connectivity index (χ3n) is 0. The van der Waals surface area contributed by atoms with Crippen LogP contribution in [-0.4, -0.2) is 0 Å². The van der Waals surface area contributed by atoms with Gasteiger partial charge in [0.25, 0.3) is 0 Å². The molecule has 0 bridgehead atoms. The topological polar surface area (TPSA) is 126 Å². The van der Waals surface area contributed by atoms with E-state index in [0.717, 1.165) is 0 Å². The molecule has 11 heteroatoms. The molecule has 0 aromatic heterocycles. The first kappa shape index (κ1) is 29.2. The predicted octanol–water partition coefficient (Wildman–Crippen LogP) is -11.0. The molecule has 0 spiro atoms. The van der Waals surface area contributed by atoms with Gasteiger partial charge in [-0.3, -0.25) is 0 Å². The molecule has 6 nitrogen and oxygen atoms in total. The summed E-state index contributed by atoms with van der Waals surface area (Å²) >= 11 is -8.17. The zero-order valence-corrected chi connectivity index (χ0v) is 9.95. The molecule has 0 fully saturated rings. The number of hydrogen-bond acceptors (Lipinski definition) is 6. The van der Waals surface area contributed by atoms with Crippen LogP contribution in [0.2, 0.25) is 0 Å². The monoisotopic (exact) mass is 265 g/mol. The predicted molar refractivity (Wildman–Crippen MR) is 1.37 cm³/mol. The Morgan fingerprint density at radius 2 is 0.727 bits per heavy atom. The second-order valence-corrected chi connectivity index (χ2v) is 2.06. The van der Waals surface area contributed by atoms with E-state index in [-0.39, 0.29) is 54.5 Å². The van der Waals surface area contributed by atoms with Crippen molar-refractivity contribution in [1.29, 1.82) is 0 Å². The third kappa shape index (κ3) is 213. The van der Waals surface area contributed by atoms with Crippen LogP contribution in [0.5, 0.6) is 0 Å². The summed E-state index contributed by atoms with van der Waals surface area (Å²) in [4.78, 5) is 0. The first-order chi connectivity index (χ1) is 3.46. The van der Waals surface area contributed by atoms with Crippen LogP contribution in [0.1, 0.15) is 0 Å². The van der Waals surface area contributed by atoms with Gasteiger partial charge >= 0.3 is 113 Å². The molecule has 0 aliphatic rings. The summed E-state index contributed by atoms with van der Waals surface area (Å²) in [5.74, 6) is 0. The second-order valence-electron chi connectivity index (χ2n) is 0.500. The van der Waals surface area contributed by atoms with Crippen molar-refractivity contribution < 1.29 is 113 Å². The van der Waals surface area contributed by atoms with Gasteiger partial charge in [0.05, 0.1) is 0 Å². The van der Waals surface area contributed by atoms with Crippen molar-refractivity contribution in [2.24, 2.45) is 0 Å². The van der Waals surface area contributed by atoms with E-state index < -0.39 is 37.2 Å². The fraction of sp³-hybridized carbons (Fsp3) is 0. The summed E-state index contributed by atoms with van der Waals surface area (Å²) in [6.45, 7) is 0. The molecular weight excluding hydrogens is 265 g/mol. The summed E-state index contributed by atoms with van der Waals surface area (Å²) in [5, 5.41) is 0. The molecule has 0 atom stereocenters. The van der Waals surface area contributed by atoms with Gasteiger partial charge in [-0.2, -0.15) is 0 Å². The van der Waals surface area contributed by atoms with Gasteiger partial charge in [-0.05, 0) is 0 Å². The van der Waals surface area contributed by atoms with E-state index in [9.17, 15) is 0 Å². The Hall–Kier alpha value is 2.57. The van der Waals surface area contributed by atoms with Crippen LogP contribution in [0.25, 0.3) is 0 Å². The van der Waals surface area contributed by atoms with Gasteiger partial charge in [0, 0.05) is 0 Å². The van der Waals surface area contributed by atoms with Crippen molar-refractivity contribution in [1.82, 2.24) is 0 Å². The maximum atomic E-state index is 8.58. The Morgan fingerprint density at radius 3 is 0.727 bits per heavy atom. The van der Waals surface area contributed by atoms with E-state index in [0.29, 0.717) is 0 Å². The molecule has 0 amide bonds. The van der Waals surface area contributed by atoms with Crippen LogP contribution >= 0.6 is 0 Å². The normalized spacial score (nSPS) is 4.73. The van der Waals surface area contributed by atoms with Crippen LogP contribution in [0.15, 0.2) is 0 Å². The molecule has 11 heavy (non-hydrogen) atoms. The van der Waals surface area contributed by atoms with E-state index >= 15 is 0 Å². The van der Waals surface area contributed by atoms with Crippen molar-refractivity contribution in [3.63, 3.8) is 0 Å². The summed E-state index contributed by atoms with van der Waals surface area (Å²) in [5.41, 5.74) is 0. The van der Waals surface area contributed by atoms with E-state index in [1.807, 2.05) is 0 Å². The number of hydrogen-bond donors (Lipinski definition) is 0. The minimum atomic E-state index is -4.08. The van der Waals surface area contributed by atoms with Crippen molar-refractivity contribution in [3.05, 3.63) is 0 Å². The molecule has 55 valence electrons. The molecule has 0 heterocycles. The van der Waals surface area contributed by atoms with E-state index in [4.69, 9.17) is 21.4 Å². The van der Waals surface area contributed by atoms with Crippen LogP contribution in [0.3, 0.4) is 0 Å². The van der Waals surface area contributed by atoms with Gasteiger partial charge < -0.3 is 0 Å². The van der Waals surface area contributed by atoms with Crippen LogP contribution < -0.4 is 52.5 Å². The zero-order chi connectivity index (χ0) is 7.15. The SMILES string of the molecule is [Co+2].[Li+].[Li+].[O]=[Ti]([O-])[O-].[O]=[Ti]([O-])[O-]. The standard InChI is InChI=1S/Co.2Li.6O.2Ti/q+2;2*+1;;;4*-1;;. The first-order valence-corrected chi connectivity index (χ1v) is 5.05. The summed E-state index contributed by atoms with van der Waals surface area (Å²) < 4.78 is 51.5.